The van der Waals surface area contributed by atoms with E-state index in [1.54, 1.807) is 12.1 Å². The number of aliphatic hydroxyl groups excluding tert-OH is 1. The highest BCUT2D eigenvalue weighted by atomic mass is 32.2. The normalized spacial score (nSPS) is 34.7. The molecule has 27 heavy (non-hydrogen) atoms. The zero-order chi connectivity index (χ0) is 19.0. The van der Waals surface area contributed by atoms with Crippen LogP contribution in [0.15, 0.2) is 29.2 Å². The number of nitrogens with one attached hydrogen (secondary N) is 1. The monoisotopic (exact) mass is 400 g/mol. The third-order valence-corrected chi connectivity index (χ3v) is 6.32. The molecule has 9 nitrogen and oxygen atoms in total. The Bertz CT molecular complexity index is 751. The molecular formula is C17H24N2O7S. The fourth-order valence-electron chi connectivity index (χ4n) is 3.46. The van der Waals surface area contributed by atoms with Gasteiger partial charge in [0.05, 0.1) is 30.8 Å². The molecule has 1 aromatic carbocycles. The third kappa shape index (κ3) is 4.03. The number of aryl methyl sites for hydroxylation is 1. The van der Waals surface area contributed by atoms with E-state index < -0.39 is 34.7 Å². The Morgan fingerprint density at radius 2 is 1.93 bits per heavy atom. The van der Waals surface area contributed by atoms with Crippen molar-refractivity contribution in [3.8, 4) is 0 Å². The first kappa shape index (κ1) is 19.2. The van der Waals surface area contributed by atoms with Crippen LogP contribution in [0.1, 0.15) is 5.56 Å². The molecule has 3 aliphatic heterocycles. The van der Waals surface area contributed by atoms with Gasteiger partial charge in [0.15, 0.2) is 12.4 Å². The van der Waals surface area contributed by atoms with Crippen LogP contribution in [-0.4, -0.2) is 82.1 Å². The summed E-state index contributed by atoms with van der Waals surface area (Å²) in [5.74, 6) is 0. The van der Waals surface area contributed by atoms with Gasteiger partial charge in [0.1, 0.15) is 12.2 Å². The van der Waals surface area contributed by atoms with Gasteiger partial charge >= 0.3 is 0 Å². The Labute approximate surface area is 158 Å². The van der Waals surface area contributed by atoms with Crippen LogP contribution in [0.5, 0.6) is 0 Å². The lowest BCUT2D eigenvalue weighted by Gasteiger charge is -2.41. The van der Waals surface area contributed by atoms with Gasteiger partial charge in [-0.05, 0) is 19.1 Å². The van der Waals surface area contributed by atoms with Crippen LogP contribution in [0.4, 0.5) is 0 Å². The topological polar surface area (TPSA) is 107 Å². The standard InChI is InChI=1S/C17H24N2O7S/c1-11-2-4-12(5-3-11)27(21,22)26-16-15(20)14(13-10-24-17(16)25-13)18-19-6-8-23-9-7-19/h2-5,13-18,20H,6-10H2,1H3/t13-,14-,15+,16-,17-/m1/s1. The van der Waals surface area contributed by atoms with Crippen molar-refractivity contribution in [2.24, 2.45) is 0 Å². The van der Waals surface area contributed by atoms with E-state index in [1.165, 1.54) is 12.1 Å². The van der Waals surface area contributed by atoms with Crippen LogP contribution in [-0.2, 0) is 28.5 Å². The molecule has 1 aromatic rings. The van der Waals surface area contributed by atoms with Crippen molar-refractivity contribution in [3.05, 3.63) is 29.8 Å². The van der Waals surface area contributed by atoms with Crippen LogP contribution in [0, 0.1) is 6.92 Å². The van der Waals surface area contributed by atoms with Crippen molar-refractivity contribution in [2.45, 2.75) is 42.5 Å². The van der Waals surface area contributed by atoms with Crippen molar-refractivity contribution in [1.29, 1.82) is 0 Å². The number of ether oxygens (including phenoxy) is 3. The Kier molecular flexibility index (Phi) is 5.50. The number of nitrogens with zero attached hydrogens (tertiary/aromatic N) is 1. The van der Waals surface area contributed by atoms with E-state index in [9.17, 15) is 13.5 Å². The number of aliphatic hydroxyl groups is 1. The van der Waals surface area contributed by atoms with Crippen LogP contribution in [0.2, 0.25) is 0 Å². The van der Waals surface area contributed by atoms with Crippen LogP contribution >= 0.6 is 0 Å². The quantitative estimate of drug-likeness (QED) is 0.626. The summed E-state index contributed by atoms with van der Waals surface area (Å²) in [5.41, 5.74) is 4.16. The first-order valence-corrected chi connectivity index (χ1v) is 10.4. The van der Waals surface area contributed by atoms with Crippen molar-refractivity contribution in [1.82, 2.24) is 10.4 Å². The Balaban J connectivity index is 1.50. The maximum absolute atomic E-state index is 12.6. The van der Waals surface area contributed by atoms with Gasteiger partial charge < -0.3 is 19.3 Å². The number of hydrogen-bond acceptors (Lipinski definition) is 9. The highest BCUT2D eigenvalue weighted by Crippen LogP contribution is 2.32. The Hall–Kier alpha value is -1.11. The maximum atomic E-state index is 12.6. The van der Waals surface area contributed by atoms with E-state index in [0.717, 1.165) is 5.56 Å². The predicted octanol–water partition coefficient (Wildman–Crippen LogP) is -0.610. The van der Waals surface area contributed by atoms with Gasteiger partial charge in [-0.3, -0.25) is 4.18 Å². The second-order valence-electron chi connectivity index (χ2n) is 6.95. The number of benzene rings is 1. The van der Waals surface area contributed by atoms with Crippen molar-refractivity contribution < 1.29 is 31.9 Å². The molecule has 10 heteroatoms. The average Bonchev–Trinajstić information content (AvgIpc) is 3.10. The fourth-order valence-corrected chi connectivity index (χ4v) is 4.54. The predicted molar refractivity (Wildman–Crippen MR) is 93.2 cm³/mol. The van der Waals surface area contributed by atoms with E-state index in [0.29, 0.717) is 26.3 Å². The minimum Gasteiger partial charge on any atom is -0.388 e. The summed E-state index contributed by atoms with van der Waals surface area (Å²) in [6.45, 7) is 4.61. The van der Waals surface area contributed by atoms with Gasteiger partial charge in [0.25, 0.3) is 10.1 Å². The van der Waals surface area contributed by atoms with Gasteiger partial charge in [-0.25, -0.2) is 10.4 Å². The summed E-state index contributed by atoms with van der Waals surface area (Å²) >= 11 is 0. The summed E-state index contributed by atoms with van der Waals surface area (Å²) < 4.78 is 47.2. The largest absolute Gasteiger partial charge is 0.388 e. The second kappa shape index (κ2) is 7.72. The summed E-state index contributed by atoms with van der Waals surface area (Å²) in [7, 11) is -4.07. The maximum Gasteiger partial charge on any atom is 0.297 e. The summed E-state index contributed by atoms with van der Waals surface area (Å²) in [6.07, 6.45) is -3.57. The number of hydrogen-bond donors (Lipinski definition) is 2. The average molecular weight is 400 g/mol. The molecule has 0 spiro atoms. The van der Waals surface area contributed by atoms with Gasteiger partial charge in [-0.1, -0.05) is 17.7 Å². The summed E-state index contributed by atoms with van der Waals surface area (Å²) in [5, 5.41) is 12.8. The number of fused-ring (bicyclic) bond motifs is 2. The van der Waals surface area contributed by atoms with Gasteiger partial charge in [-0.15, -0.1) is 0 Å². The van der Waals surface area contributed by atoms with E-state index in [4.69, 9.17) is 18.4 Å². The molecule has 150 valence electrons. The van der Waals surface area contributed by atoms with Gasteiger partial charge in [-0.2, -0.15) is 8.42 Å². The lowest BCUT2D eigenvalue weighted by molar-refractivity contribution is -0.200. The Morgan fingerprint density at radius 1 is 1.22 bits per heavy atom. The van der Waals surface area contributed by atoms with Crippen LogP contribution in [0.3, 0.4) is 0 Å². The minimum absolute atomic E-state index is 0.0260. The molecule has 0 radical (unpaired) electrons. The van der Waals surface area contributed by atoms with E-state index in [-0.39, 0.29) is 17.6 Å². The molecule has 2 bridgehead atoms. The summed E-state index contributed by atoms with van der Waals surface area (Å²) in [4.78, 5) is 0.0260. The molecule has 2 N–H and O–H groups in total. The lowest BCUT2D eigenvalue weighted by Crippen LogP contribution is -2.64. The van der Waals surface area contributed by atoms with E-state index in [1.807, 2.05) is 11.9 Å². The smallest absolute Gasteiger partial charge is 0.297 e. The van der Waals surface area contributed by atoms with Crippen LogP contribution < -0.4 is 5.43 Å². The molecule has 3 fully saturated rings. The minimum atomic E-state index is -4.07. The van der Waals surface area contributed by atoms with Gasteiger partial charge in [0.2, 0.25) is 0 Å². The summed E-state index contributed by atoms with van der Waals surface area (Å²) in [6, 6.07) is 5.79. The van der Waals surface area contributed by atoms with Crippen LogP contribution in [0.25, 0.3) is 0 Å². The highest BCUT2D eigenvalue weighted by molar-refractivity contribution is 7.86. The van der Waals surface area contributed by atoms with Crippen molar-refractivity contribution in [2.75, 3.05) is 32.9 Å². The zero-order valence-corrected chi connectivity index (χ0v) is 15.8. The molecule has 5 atom stereocenters. The molecule has 0 unspecified atom stereocenters. The second-order valence-corrected chi connectivity index (χ2v) is 8.52. The highest BCUT2D eigenvalue weighted by Gasteiger charge is 2.53. The number of hydrazine groups is 1. The number of morpholine rings is 1. The first-order chi connectivity index (χ1) is 12.9. The molecule has 3 aliphatic rings. The van der Waals surface area contributed by atoms with E-state index in [2.05, 4.69) is 5.43 Å². The molecule has 3 saturated heterocycles. The molecule has 0 aromatic heterocycles. The SMILES string of the molecule is Cc1ccc(S(=O)(=O)O[C@H]2[C@@H]3OC[C@@H](O3)[C@@H](NN3CCOCC3)[C@@H]2O)cc1. The molecular weight excluding hydrogens is 376 g/mol. The molecule has 0 amide bonds. The Morgan fingerprint density at radius 3 is 2.63 bits per heavy atom. The number of rotatable bonds is 5. The fraction of sp³-hybridized carbons (Fsp3) is 0.647. The third-order valence-electron chi connectivity index (χ3n) is 5.00. The molecule has 3 heterocycles. The van der Waals surface area contributed by atoms with Gasteiger partial charge in [0, 0.05) is 13.1 Å². The molecule has 4 rings (SSSR count). The molecule has 0 aliphatic carbocycles. The van der Waals surface area contributed by atoms with Crippen molar-refractivity contribution in [3.63, 3.8) is 0 Å². The first-order valence-electron chi connectivity index (χ1n) is 8.98. The lowest BCUT2D eigenvalue weighted by atomic mass is 9.99. The zero-order valence-electron chi connectivity index (χ0n) is 15.0. The van der Waals surface area contributed by atoms with Crippen molar-refractivity contribution >= 4 is 10.1 Å². The van der Waals surface area contributed by atoms with E-state index >= 15 is 0 Å². The molecule has 0 saturated carbocycles.